The van der Waals surface area contributed by atoms with E-state index in [-0.39, 0.29) is 24.4 Å². The van der Waals surface area contributed by atoms with Crippen LogP contribution in [0.5, 0.6) is 0 Å². The zero-order valence-corrected chi connectivity index (χ0v) is 13.0. The Kier molecular flexibility index (Phi) is 6.45. The summed E-state index contributed by atoms with van der Waals surface area (Å²) >= 11 is 0. The van der Waals surface area contributed by atoms with Gasteiger partial charge in [0.2, 0.25) is 5.91 Å². The zero-order valence-electron chi connectivity index (χ0n) is 12.2. The van der Waals surface area contributed by atoms with Crippen molar-refractivity contribution in [2.45, 2.75) is 12.5 Å². The smallest absolute Gasteiger partial charge is 0.244 e. The molecule has 0 saturated carbocycles. The maximum Gasteiger partial charge on any atom is 0.244 e. The van der Waals surface area contributed by atoms with Gasteiger partial charge in [0.1, 0.15) is 6.04 Å². The maximum atomic E-state index is 12.5. The van der Waals surface area contributed by atoms with E-state index >= 15 is 0 Å². The van der Waals surface area contributed by atoms with Crippen LogP contribution in [-0.4, -0.2) is 54.4 Å². The Hall–Kier alpha value is -1.11. The fraction of sp³-hybridized carbons (Fsp3) is 0.692. The minimum Gasteiger partial charge on any atom is -0.384 e. The van der Waals surface area contributed by atoms with E-state index in [0.29, 0.717) is 5.92 Å². The van der Waals surface area contributed by atoms with Crippen LogP contribution in [0.3, 0.4) is 0 Å². The Balaban J connectivity index is 0.00000200. The van der Waals surface area contributed by atoms with E-state index in [9.17, 15) is 4.79 Å². The zero-order chi connectivity index (χ0) is 13.8. The fourth-order valence-corrected chi connectivity index (χ4v) is 2.61. The van der Waals surface area contributed by atoms with Gasteiger partial charge in [0.15, 0.2) is 0 Å². The van der Waals surface area contributed by atoms with Crippen molar-refractivity contribution in [3.8, 4) is 0 Å². The van der Waals surface area contributed by atoms with Gasteiger partial charge < -0.3 is 15.0 Å². The molecule has 1 N–H and O–H groups in total. The summed E-state index contributed by atoms with van der Waals surface area (Å²) in [6, 6.07) is -0.310. The molecule has 1 fully saturated rings. The Morgan fingerprint density at radius 3 is 2.95 bits per heavy atom. The Morgan fingerprint density at radius 2 is 2.40 bits per heavy atom. The van der Waals surface area contributed by atoms with E-state index in [4.69, 9.17) is 4.74 Å². The molecule has 1 aromatic heterocycles. The highest BCUT2D eigenvalue weighted by molar-refractivity contribution is 5.85. The molecule has 0 bridgehead atoms. The van der Waals surface area contributed by atoms with Gasteiger partial charge in [-0.25, -0.2) is 0 Å². The monoisotopic (exact) mass is 302 g/mol. The van der Waals surface area contributed by atoms with Crippen LogP contribution >= 0.6 is 12.4 Å². The largest absolute Gasteiger partial charge is 0.384 e. The number of methoxy groups -OCH3 is 1. The average Bonchev–Trinajstić information content (AvgIpc) is 3.00. The number of aryl methyl sites for hydroxylation is 1. The first-order valence-electron chi connectivity index (χ1n) is 6.59. The van der Waals surface area contributed by atoms with Crippen molar-refractivity contribution in [2.24, 2.45) is 13.0 Å². The summed E-state index contributed by atoms with van der Waals surface area (Å²) in [6.07, 6.45) is 4.63. The first-order chi connectivity index (χ1) is 9.15. The number of nitrogens with one attached hydrogen (secondary N) is 1. The SMILES string of the molecule is CNC(C(=O)N1CCC(COC)C1)c1cnn(C)c1.Cl. The molecule has 6 nitrogen and oxygen atoms in total. The Labute approximate surface area is 125 Å². The maximum absolute atomic E-state index is 12.5. The molecule has 2 heterocycles. The second-order valence-electron chi connectivity index (χ2n) is 5.06. The van der Waals surface area contributed by atoms with Gasteiger partial charge in [-0.1, -0.05) is 0 Å². The predicted octanol–water partition coefficient (Wildman–Crippen LogP) is 0.597. The predicted molar refractivity (Wildman–Crippen MR) is 78.8 cm³/mol. The molecular formula is C13H23ClN4O2. The van der Waals surface area contributed by atoms with Crippen molar-refractivity contribution in [1.29, 1.82) is 0 Å². The van der Waals surface area contributed by atoms with Crippen molar-refractivity contribution >= 4 is 18.3 Å². The minimum atomic E-state index is -0.310. The number of carbonyl (C=O) groups is 1. The number of ether oxygens (including phenoxy) is 1. The molecule has 1 amide bonds. The van der Waals surface area contributed by atoms with Crippen LogP contribution in [0, 0.1) is 5.92 Å². The molecule has 0 aromatic carbocycles. The summed E-state index contributed by atoms with van der Waals surface area (Å²) in [6.45, 7) is 2.32. The van der Waals surface area contributed by atoms with E-state index in [1.165, 1.54) is 0 Å². The van der Waals surface area contributed by atoms with Crippen LogP contribution in [0.4, 0.5) is 0 Å². The number of carbonyl (C=O) groups excluding carboxylic acids is 1. The van der Waals surface area contributed by atoms with Crippen LogP contribution in [0.1, 0.15) is 18.0 Å². The topological polar surface area (TPSA) is 59.4 Å². The molecular weight excluding hydrogens is 280 g/mol. The normalized spacial score (nSPS) is 19.8. The van der Waals surface area contributed by atoms with Crippen molar-refractivity contribution in [1.82, 2.24) is 20.0 Å². The number of aromatic nitrogens is 2. The number of likely N-dealkylation sites (N-methyl/N-ethyl adjacent to an activating group) is 1. The van der Waals surface area contributed by atoms with Gasteiger partial charge in [-0.3, -0.25) is 9.48 Å². The third-order valence-electron chi connectivity index (χ3n) is 3.59. The lowest BCUT2D eigenvalue weighted by Gasteiger charge is -2.22. The second kappa shape index (κ2) is 7.61. The van der Waals surface area contributed by atoms with Gasteiger partial charge in [0, 0.05) is 44.9 Å². The molecule has 20 heavy (non-hydrogen) atoms. The molecule has 2 atom stereocenters. The molecule has 1 saturated heterocycles. The van der Waals surface area contributed by atoms with Gasteiger partial charge in [-0.2, -0.15) is 5.10 Å². The molecule has 2 rings (SSSR count). The van der Waals surface area contributed by atoms with Crippen LogP contribution in [-0.2, 0) is 16.6 Å². The summed E-state index contributed by atoms with van der Waals surface area (Å²) in [5.74, 6) is 0.578. The molecule has 1 aliphatic heterocycles. The third kappa shape index (κ3) is 3.71. The molecule has 1 aliphatic rings. The van der Waals surface area contributed by atoms with Crippen molar-refractivity contribution in [2.75, 3.05) is 33.9 Å². The highest BCUT2D eigenvalue weighted by atomic mass is 35.5. The molecule has 114 valence electrons. The minimum absolute atomic E-state index is 0. The lowest BCUT2D eigenvalue weighted by molar-refractivity contribution is -0.132. The number of hydrogen-bond donors (Lipinski definition) is 1. The first kappa shape index (κ1) is 16.9. The number of hydrogen-bond acceptors (Lipinski definition) is 4. The van der Waals surface area contributed by atoms with Crippen LogP contribution in [0.2, 0.25) is 0 Å². The number of likely N-dealkylation sites (tertiary alicyclic amines) is 1. The fourth-order valence-electron chi connectivity index (χ4n) is 2.61. The number of nitrogens with zero attached hydrogens (tertiary/aromatic N) is 3. The highest BCUT2D eigenvalue weighted by Gasteiger charge is 2.31. The van der Waals surface area contributed by atoms with E-state index in [1.807, 2.05) is 18.1 Å². The molecule has 7 heteroatoms. The summed E-state index contributed by atoms with van der Waals surface area (Å²) in [5.41, 5.74) is 0.908. The number of rotatable bonds is 5. The van der Waals surface area contributed by atoms with E-state index in [2.05, 4.69) is 10.4 Å². The Morgan fingerprint density at radius 1 is 1.65 bits per heavy atom. The first-order valence-corrected chi connectivity index (χ1v) is 6.59. The second-order valence-corrected chi connectivity index (χ2v) is 5.06. The summed E-state index contributed by atoms with van der Waals surface area (Å²) in [7, 11) is 5.36. The number of amides is 1. The lowest BCUT2D eigenvalue weighted by atomic mass is 10.1. The molecule has 0 spiro atoms. The molecule has 2 unspecified atom stereocenters. The van der Waals surface area contributed by atoms with Crippen molar-refractivity contribution in [3.63, 3.8) is 0 Å². The van der Waals surface area contributed by atoms with Crippen molar-refractivity contribution < 1.29 is 9.53 Å². The van der Waals surface area contributed by atoms with Crippen molar-refractivity contribution in [3.05, 3.63) is 18.0 Å². The number of halogens is 1. The molecule has 0 aliphatic carbocycles. The standard InChI is InChI=1S/C13H22N4O2.ClH/c1-14-12(11-6-15-16(2)8-11)13(18)17-5-4-10(7-17)9-19-3;/h6,8,10,12,14H,4-5,7,9H2,1-3H3;1H. The Bertz CT molecular complexity index is 438. The van der Waals surface area contributed by atoms with Gasteiger partial charge in [0.05, 0.1) is 12.8 Å². The van der Waals surface area contributed by atoms with Crippen LogP contribution in [0.25, 0.3) is 0 Å². The summed E-state index contributed by atoms with van der Waals surface area (Å²) < 4.78 is 6.87. The highest BCUT2D eigenvalue weighted by Crippen LogP contribution is 2.21. The van der Waals surface area contributed by atoms with Gasteiger partial charge in [-0.15, -0.1) is 12.4 Å². The molecule has 1 aromatic rings. The lowest BCUT2D eigenvalue weighted by Crippen LogP contribution is -2.38. The van der Waals surface area contributed by atoms with Crippen LogP contribution in [0.15, 0.2) is 12.4 Å². The summed E-state index contributed by atoms with van der Waals surface area (Å²) in [5, 5.41) is 7.20. The van der Waals surface area contributed by atoms with Gasteiger partial charge in [0.25, 0.3) is 0 Å². The third-order valence-corrected chi connectivity index (χ3v) is 3.59. The van der Waals surface area contributed by atoms with E-state index in [1.54, 1.807) is 25.0 Å². The molecule has 0 radical (unpaired) electrons. The quantitative estimate of drug-likeness (QED) is 0.865. The summed E-state index contributed by atoms with van der Waals surface area (Å²) in [4.78, 5) is 14.4. The van der Waals surface area contributed by atoms with Crippen LogP contribution < -0.4 is 5.32 Å². The van der Waals surface area contributed by atoms with Gasteiger partial charge >= 0.3 is 0 Å². The van der Waals surface area contributed by atoms with Gasteiger partial charge in [-0.05, 0) is 13.5 Å². The average molecular weight is 303 g/mol. The van der Waals surface area contributed by atoms with E-state index in [0.717, 1.165) is 31.7 Å². The van der Waals surface area contributed by atoms with E-state index < -0.39 is 0 Å².